The van der Waals surface area contributed by atoms with Crippen molar-refractivity contribution in [3.8, 4) is 0 Å². The molecule has 0 bridgehead atoms. The number of carbonyl (C=O) groups is 1. The number of carbonyl (C=O) groups excluding carboxylic acids is 1. The molecule has 1 fully saturated rings. The van der Waals surface area contributed by atoms with Gasteiger partial charge in [-0.25, -0.2) is 0 Å². The lowest BCUT2D eigenvalue weighted by Gasteiger charge is -2.42. The van der Waals surface area contributed by atoms with E-state index in [4.69, 9.17) is 4.74 Å². The molecule has 0 radical (unpaired) electrons. The van der Waals surface area contributed by atoms with E-state index in [9.17, 15) is 4.79 Å². The van der Waals surface area contributed by atoms with E-state index < -0.39 is 5.54 Å². The zero-order chi connectivity index (χ0) is 21.6. The van der Waals surface area contributed by atoms with Crippen molar-refractivity contribution in [3.05, 3.63) is 65.2 Å². The second-order valence-electron chi connectivity index (χ2n) is 8.20. The van der Waals surface area contributed by atoms with E-state index in [1.165, 1.54) is 16.8 Å². The molecule has 30 heavy (non-hydrogen) atoms. The molecule has 0 spiro atoms. The summed E-state index contributed by atoms with van der Waals surface area (Å²) in [6.07, 6.45) is 1.52. The van der Waals surface area contributed by atoms with Gasteiger partial charge in [0.15, 0.2) is 5.78 Å². The third-order valence-electron chi connectivity index (χ3n) is 6.50. The highest BCUT2D eigenvalue weighted by Gasteiger charge is 2.41. The summed E-state index contributed by atoms with van der Waals surface area (Å²) in [5.74, 6) is 0.225. The van der Waals surface area contributed by atoms with Crippen molar-refractivity contribution < 1.29 is 9.53 Å². The molecule has 1 saturated heterocycles. The van der Waals surface area contributed by atoms with Crippen LogP contribution in [0, 0.1) is 6.92 Å². The first-order valence-electron chi connectivity index (χ1n) is 11.3. The highest BCUT2D eigenvalue weighted by molar-refractivity contribution is 6.03. The van der Waals surface area contributed by atoms with Gasteiger partial charge in [-0.2, -0.15) is 0 Å². The lowest BCUT2D eigenvalue weighted by Crippen LogP contribution is -2.55. The summed E-state index contributed by atoms with van der Waals surface area (Å²) in [6.45, 7) is 13.6. The predicted octanol–water partition coefficient (Wildman–Crippen LogP) is 4.75. The smallest absolute Gasteiger partial charge is 0.183 e. The zero-order valence-corrected chi connectivity index (χ0v) is 19.0. The molecular formula is C26H36N2O2. The Kier molecular flexibility index (Phi) is 7.68. The molecule has 2 aromatic rings. The minimum atomic E-state index is -0.529. The van der Waals surface area contributed by atoms with Gasteiger partial charge in [-0.1, -0.05) is 50.6 Å². The van der Waals surface area contributed by atoms with E-state index in [0.717, 1.165) is 57.8 Å². The number of ketones is 1. The van der Waals surface area contributed by atoms with Gasteiger partial charge in [0.2, 0.25) is 0 Å². The van der Waals surface area contributed by atoms with Crippen molar-refractivity contribution >= 4 is 11.5 Å². The van der Waals surface area contributed by atoms with Gasteiger partial charge in [0.1, 0.15) is 0 Å². The Morgan fingerprint density at radius 2 is 1.57 bits per heavy atom. The molecule has 1 heterocycles. The van der Waals surface area contributed by atoms with Crippen LogP contribution in [0.25, 0.3) is 0 Å². The topological polar surface area (TPSA) is 32.8 Å². The predicted molar refractivity (Wildman–Crippen MR) is 125 cm³/mol. The van der Waals surface area contributed by atoms with E-state index in [-0.39, 0.29) is 5.78 Å². The van der Waals surface area contributed by atoms with Crippen LogP contribution in [-0.2, 0) is 11.2 Å². The van der Waals surface area contributed by atoms with Crippen LogP contribution in [0.1, 0.15) is 48.7 Å². The molecule has 0 amide bonds. The number of ether oxygens (including phenoxy) is 1. The summed E-state index contributed by atoms with van der Waals surface area (Å²) >= 11 is 0. The largest absolute Gasteiger partial charge is 0.378 e. The van der Waals surface area contributed by atoms with Crippen LogP contribution >= 0.6 is 0 Å². The standard InChI is InChI=1S/C26H36N2O2/c1-5-26(28(6-2)7-3,20-22-10-8-21(4)9-11-22)25(29)23-12-14-24(15-13-23)27-16-18-30-19-17-27/h8-15H,5-7,16-20H2,1-4H3. The van der Waals surface area contributed by atoms with Crippen molar-refractivity contribution in [1.29, 1.82) is 0 Å². The van der Waals surface area contributed by atoms with Gasteiger partial charge in [0.25, 0.3) is 0 Å². The number of hydrogen-bond acceptors (Lipinski definition) is 4. The van der Waals surface area contributed by atoms with Crippen molar-refractivity contribution in [2.75, 3.05) is 44.3 Å². The Bertz CT molecular complexity index is 806. The van der Waals surface area contributed by atoms with E-state index in [0.29, 0.717) is 0 Å². The van der Waals surface area contributed by atoms with Crippen LogP contribution in [0.2, 0.25) is 0 Å². The fourth-order valence-electron chi connectivity index (χ4n) is 4.63. The normalized spacial score (nSPS) is 16.5. The monoisotopic (exact) mass is 408 g/mol. The number of nitrogens with zero attached hydrogens (tertiary/aromatic N) is 2. The molecule has 3 rings (SSSR count). The Balaban J connectivity index is 1.91. The molecule has 0 saturated carbocycles. The van der Waals surface area contributed by atoms with Gasteiger partial charge in [-0.3, -0.25) is 9.69 Å². The maximum absolute atomic E-state index is 13.9. The number of benzene rings is 2. The Morgan fingerprint density at radius 3 is 2.10 bits per heavy atom. The molecule has 0 aliphatic carbocycles. The second kappa shape index (κ2) is 10.2. The molecule has 1 aliphatic heterocycles. The van der Waals surface area contributed by atoms with Crippen molar-refractivity contribution in [3.63, 3.8) is 0 Å². The van der Waals surface area contributed by atoms with Gasteiger partial charge in [0, 0.05) is 24.3 Å². The maximum Gasteiger partial charge on any atom is 0.183 e. The minimum Gasteiger partial charge on any atom is -0.378 e. The molecule has 4 heteroatoms. The van der Waals surface area contributed by atoms with Crippen LogP contribution < -0.4 is 4.90 Å². The van der Waals surface area contributed by atoms with Crippen LogP contribution in [0.3, 0.4) is 0 Å². The first-order valence-corrected chi connectivity index (χ1v) is 11.3. The number of rotatable bonds is 9. The van der Waals surface area contributed by atoms with E-state index in [2.05, 4.69) is 73.9 Å². The summed E-state index contributed by atoms with van der Waals surface area (Å²) < 4.78 is 5.46. The summed E-state index contributed by atoms with van der Waals surface area (Å²) in [5, 5.41) is 0. The van der Waals surface area contributed by atoms with Gasteiger partial charge in [0.05, 0.1) is 18.8 Å². The van der Waals surface area contributed by atoms with E-state index in [1.807, 2.05) is 12.1 Å². The summed E-state index contributed by atoms with van der Waals surface area (Å²) in [6, 6.07) is 16.8. The van der Waals surface area contributed by atoms with Gasteiger partial charge >= 0.3 is 0 Å². The molecule has 1 atom stereocenters. The fraction of sp³-hybridized carbons (Fsp3) is 0.500. The molecular weight excluding hydrogens is 372 g/mol. The summed E-state index contributed by atoms with van der Waals surface area (Å²) in [7, 11) is 0. The zero-order valence-electron chi connectivity index (χ0n) is 19.0. The first kappa shape index (κ1) is 22.5. The molecule has 1 unspecified atom stereocenters. The van der Waals surface area contributed by atoms with Crippen molar-refractivity contribution in [2.24, 2.45) is 0 Å². The third kappa shape index (κ3) is 4.76. The van der Waals surface area contributed by atoms with Gasteiger partial charge in [-0.05, 0) is 62.7 Å². The number of morpholine rings is 1. The highest BCUT2D eigenvalue weighted by Crippen LogP contribution is 2.30. The number of anilines is 1. The average molecular weight is 409 g/mol. The van der Waals surface area contributed by atoms with Gasteiger partial charge in [-0.15, -0.1) is 0 Å². The minimum absolute atomic E-state index is 0.225. The number of Topliss-reactive ketones (excluding diaryl/α,β-unsaturated/α-hetero) is 1. The SMILES string of the molecule is CCN(CC)C(CC)(Cc1ccc(C)cc1)C(=O)c1ccc(N2CCOCC2)cc1. The molecule has 4 nitrogen and oxygen atoms in total. The fourth-order valence-corrected chi connectivity index (χ4v) is 4.63. The lowest BCUT2D eigenvalue weighted by atomic mass is 9.79. The molecule has 162 valence electrons. The van der Waals surface area contributed by atoms with Crippen molar-refractivity contribution in [1.82, 2.24) is 4.90 Å². The quantitative estimate of drug-likeness (QED) is 0.561. The number of hydrogen-bond donors (Lipinski definition) is 0. The van der Waals surface area contributed by atoms with Crippen LogP contribution in [0.15, 0.2) is 48.5 Å². The molecule has 1 aliphatic rings. The van der Waals surface area contributed by atoms with Gasteiger partial charge < -0.3 is 9.64 Å². The summed E-state index contributed by atoms with van der Waals surface area (Å²) in [4.78, 5) is 18.6. The summed E-state index contributed by atoms with van der Waals surface area (Å²) in [5.41, 5.74) is 3.90. The van der Waals surface area contributed by atoms with Crippen LogP contribution in [0.5, 0.6) is 0 Å². The molecule has 2 aromatic carbocycles. The first-order chi connectivity index (χ1) is 14.5. The lowest BCUT2D eigenvalue weighted by molar-refractivity contribution is 0.0548. The van der Waals surface area contributed by atoms with E-state index >= 15 is 0 Å². The Morgan fingerprint density at radius 1 is 0.967 bits per heavy atom. The third-order valence-corrected chi connectivity index (χ3v) is 6.50. The van der Waals surface area contributed by atoms with Crippen LogP contribution in [-0.4, -0.2) is 55.6 Å². The number of aryl methyl sites for hydroxylation is 1. The van der Waals surface area contributed by atoms with Crippen molar-refractivity contribution in [2.45, 2.75) is 46.1 Å². The highest BCUT2D eigenvalue weighted by atomic mass is 16.5. The Labute approximate surface area is 181 Å². The second-order valence-corrected chi connectivity index (χ2v) is 8.20. The number of likely N-dealkylation sites (N-methyl/N-ethyl adjacent to an activating group) is 1. The van der Waals surface area contributed by atoms with Crippen LogP contribution in [0.4, 0.5) is 5.69 Å². The maximum atomic E-state index is 13.9. The Hall–Kier alpha value is -2.17. The molecule has 0 N–H and O–H groups in total. The average Bonchev–Trinajstić information content (AvgIpc) is 2.80. The molecule has 0 aromatic heterocycles. The van der Waals surface area contributed by atoms with E-state index in [1.54, 1.807) is 0 Å².